The van der Waals surface area contributed by atoms with Crippen LogP contribution in [0.2, 0.25) is 0 Å². The predicted molar refractivity (Wildman–Crippen MR) is 55.6 cm³/mol. The van der Waals surface area contributed by atoms with Crippen LogP contribution < -0.4 is 5.32 Å². The molecule has 0 aromatic carbocycles. The van der Waals surface area contributed by atoms with Gasteiger partial charge in [-0.15, -0.1) is 0 Å². The van der Waals surface area contributed by atoms with E-state index in [9.17, 15) is 0 Å². The maximum Gasteiger partial charge on any atom is 0.0465 e. The minimum atomic E-state index is 0.764. The van der Waals surface area contributed by atoms with Crippen molar-refractivity contribution >= 4 is 6.21 Å². The molecule has 0 radical (unpaired) electrons. The Kier molecular flexibility index (Phi) is 6.67. The molecule has 0 aromatic heterocycles. The van der Waals surface area contributed by atoms with Gasteiger partial charge in [-0.1, -0.05) is 20.4 Å². The zero-order valence-corrected chi connectivity index (χ0v) is 8.43. The molecular weight excluding hydrogens is 148 g/mol. The third kappa shape index (κ3) is 7.48. The summed E-state index contributed by atoms with van der Waals surface area (Å²) in [5, 5.41) is 3.29. The summed E-state index contributed by atoms with van der Waals surface area (Å²) in [6.07, 6.45) is 2.98. The summed E-state index contributed by atoms with van der Waals surface area (Å²) in [5.74, 6) is 0.764. The molecule has 0 saturated carbocycles. The molecule has 0 rings (SSSR count). The van der Waals surface area contributed by atoms with E-state index in [1.54, 1.807) is 6.21 Å². The van der Waals surface area contributed by atoms with Crippen molar-refractivity contribution in [1.82, 2.24) is 5.32 Å². The SMILES string of the molecule is C=C(CNCCC(C)C)N=CC. The highest BCUT2D eigenvalue weighted by Gasteiger charge is 1.93. The van der Waals surface area contributed by atoms with E-state index in [0.717, 1.165) is 24.7 Å². The van der Waals surface area contributed by atoms with Gasteiger partial charge in [0.25, 0.3) is 0 Å². The van der Waals surface area contributed by atoms with Crippen LogP contribution in [-0.2, 0) is 0 Å². The third-order valence-electron chi connectivity index (χ3n) is 1.54. The van der Waals surface area contributed by atoms with Crippen LogP contribution in [0.15, 0.2) is 17.3 Å². The van der Waals surface area contributed by atoms with Crippen LogP contribution >= 0.6 is 0 Å². The fourth-order valence-corrected chi connectivity index (χ4v) is 0.852. The number of hydrogen-bond acceptors (Lipinski definition) is 2. The predicted octanol–water partition coefficient (Wildman–Crippen LogP) is 2.23. The van der Waals surface area contributed by atoms with Crippen LogP contribution in [0.4, 0.5) is 0 Å². The Morgan fingerprint density at radius 1 is 1.58 bits per heavy atom. The van der Waals surface area contributed by atoms with Gasteiger partial charge in [0, 0.05) is 18.5 Å². The van der Waals surface area contributed by atoms with Crippen molar-refractivity contribution in [3.63, 3.8) is 0 Å². The molecule has 0 aliphatic heterocycles. The zero-order chi connectivity index (χ0) is 9.40. The first-order chi connectivity index (χ1) is 5.66. The summed E-state index contributed by atoms with van der Waals surface area (Å²) >= 11 is 0. The number of hydrogen-bond donors (Lipinski definition) is 1. The Morgan fingerprint density at radius 3 is 2.75 bits per heavy atom. The largest absolute Gasteiger partial charge is 0.311 e. The molecule has 0 amide bonds. The monoisotopic (exact) mass is 168 g/mol. The van der Waals surface area contributed by atoms with Gasteiger partial charge in [0.1, 0.15) is 0 Å². The van der Waals surface area contributed by atoms with E-state index in [-0.39, 0.29) is 0 Å². The maximum absolute atomic E-state index is 4.06. The summed E-state index contributed by atoms with van der Waals surface area (Å²) in [6.45, 7) is 12.0. The lowest BCUT2D eigenvalue weighted by Crippen LogP contribution is -2.18. The van der Waals surface area contributed by atoms with Crippen LogP contribution in [0, 0.1) is 5.92 Å². The van der Waals surface area contributed by atoms with Gasteiger partial charge in [-0.3, -0.25) is 4.99 Å². The van der Waals surface area contributed by atoms with E-state index in [1.807, 2.05) is 6.92 Å². The highest BCUT2D eigenvalue weighted by molar-refractivity contribution is 5.55. The molecule has 0 atom stereocenters. The Labute approximate surface area is 75.8 Å². The molecule has 0 spiro atoms. The Morgan fingerprint density at radius 2 is 2.25 bits per heavy atom. The molecule has 0 fully saturated rings. The van der Waals surface area contributed by atoms with Crippen molar-refractivity contribution in [2.75, 3.05) is 13.1 Å². The van der Waals surface area contributed by atoms with Gasteiger partial charge >= 0.3 is 0 Å². The first-order valence-electron chi connectivity index (χ1n) is 4.54. The molecular formula is C10H20N2. The second-order valence-corrected chi connectivity index (χ2v) is 3.31. The van der Waals surface area contributed by atoms with E-state index in [0.29, 0.717) is 0 Å². The zero-order valence-electron chi connectivity index (χ0n) is 8.43. The Balaban J connectivity index is 3.25. The quantitative estimate of drug-likeness (QED) is 0.477. The smallest absolute Gasteiger partial charge is 0.0465 e. The fraction of sp³-hybridized carbons (Fsp3) is 0.700. The highest BCUT2D eigenvalue weighted by atomic mass is 14.9. The van der Waals surface area contributed by atoms with Crippen molar-refractivity contribution in [3.05, 3.63) is 12.3 Å². The van der Waals surface area contributed by atoms with E-state index in [1.165, 1.54) is 6.42 Å². The second kappa shape index (κ2) is 7.04. The molecule has 1 N–H and O–H groups in total. The van der Waals surface area contributed by atoms with E-state index >= 15 is 0 Å². The number of rotatable bonds is 6. The molecule has 0 heterocycles. The van der Waals surface area contributed by atoms with E-state index in [4.69, 9.17) is 0 Å². The average Bonchev–Trinajstić information content (AvgIpc) is 1.98. The van der Waals surface area contributed by atoms with Crippen LogP contribution in [0.1, 0.15) is 27.2 Å². The van der Waals surface area contributed by atoms with Gasteiger partial charge in [0.15, 0.2) is 0 Å². The summed E-state index contributed by atoms with van der Waals surface area (Å²) in [4.78, 5) is 4.06. The fourth-order valence-electron chi connectivity index (χ4n) is 0.852. The number of aliphatic imine (C=N–C) groups is 1. The van der Waals surface area contributed by atoms with Crippen LogP contribution in [-0.4, -0.2) is 19.3 Å². The minimum Gasteiger partial charge on any atom is -0.311 e. The van der Waals surface area contributed by atoms with E-state index in [2.05, 4.69) is 30.7 Å². The normalized spacial score (nSPS) is 11.3. The summed E-state index contributed by atoms with van der Waals surface area (Å²) in [5.41, 5.74) is 0.904. The van der Waals surface area contributed by atoms with Crippen LogP contribution in [0.3, 0.4) is 0 Å². The number of nitrogens with zero attached hydrogens (tertiary/aromatic N) is 1. The van der Waals surface area contributed by atoms with Crippen LogP contribution in [0.5, 0.6) is 0 Å². The lowest BCUT2D eigenvalue weighted by Gasteiger charge is -2.05. The molecule has 0 saturated heterocycles. The maximum atomic E-state index is 4.06. The molecule has 12 heavy (non-hydrogen) atoms. The van der Waals surface area contributed by atoms with Gasteiger partial charge < -0.3 is 5.32 Å². The standard InChI is InChI=1S/C10H20N2/c1-5-12-10(4)8-11-7-6-9(2)3/h5,9,11H,4,6-8H2,1-3H3. The summed E-state index contributed by atoms with van der Waals surface area (Å²) in [7, 11) is 0. The molecule has 2 nitrogen and oxygen atoms in total. The molecule has 2 heteroatoms. The third-order valence-corrected chi connectivity index (χ3v) is 1.54. The molecule has 0 aliphatic carbocycles. The molecule has 0 aliphatic rings. The summed E-state index contributed by atoms with van der Waals surface area (Å²) < 4.78 is 0. The van der Waals surface area contributed by atoms with Gasteiger partial charge in [-0.05, 0) is 25.8 Å². The molecule has 70 valence electrons. The second-order valence-electron chi connectivity index (χ2n) is 3.31. The lowest BCUT2D eigenvalue weighted by atomic mass is 10.1. The minimum absolute atomic E-state index is 0.764. The summed E-state index contributed by atoms with van der Waals surface area (Å²) in [6, 6.07) is 0. The molecule has 0 bridgehead atoms. The van der Waals surface area contributed by atoms with Crippen LogP contribution in [0.25, 0.3) is 0 Å². The Hall–Kier alpha value is -0.630. The van der Waals surface area contributed by atoms with Crippen molar-refractivity contribution in [3.8, 4) is 0 Å². The van der Waals surface area contributed by atoms with Crippen molar-refractivity contribution < 1.29 is 0 Å². The average molecular weight is 168 g/mol. The van der Waals surface area contributed by atoms with Gasteiger partial charge in [-0.2, -0.15) is 0 Å². The van der Waals surface area contributed by atoms with Crippen molar-refractivity contribution in [1.29, 1.82) is 0 Å². The van der Waals surface area contributed by atoms with E-state index < -0.39 is 0 Å². The molecule has 0 unspecified atom stereocenters. The highest BCUT2D eigenvalue weighted by Crippen LogP contribution is 1.96. The van der Waals surface area contributed by atoms with Crippen molar-refractivity contribution in [2.24, 2.45) is 10.9 Å². The van der Waals surface area contributed by atoms with Gasteiger partial charge in [-0.25, -0.2) is 0 Å². The number of nitrogens with one attached hydrogen (secondary N) is 1. The molecule has 0 aromatic rings. The van der Waals surface area contributed by atoms with Gasteiger partial charge in [0.05, 0.1) is 0 Å². The first-order valence-corrected chi connectivity index (χ1v) is 4.54. The van der Waals surface area contributed by atoms with Gasteiger partial charge in [0.2, 0.25) is 0 Å². The first kappa shape index (κ1) is 11.4. The van der Waals surface area contributed by atoms with Crippen molar-refractivity contribution in [2.45, 2.75) is 27.2 Å². The topological polar surface area (TPSA) is 24.4 Å². The lowest BCUT2D eigenvalue weighted by molar-refractivity contribution is 0.549. The Bertz CT molecular complexity index is 148.